The number of carbonyl (C=O) groups is 2. The molecule has 0 aliphatic rings. The Morgan fingerprint density at radius 1 is 0.840 bits per heavy atom. The van der Waals surface area contributed by atoms with Crippen LogP contribution in [0.4, 0.5) is 0 Å². The van der Waals surface area contributed by atoms with Crippen LogP contribution in [0.5, 0.6) is 0 Å². The largest absolute Gasteiger partial charge is 0.481 e. The maximum absolute atomic E-state index is 11.5. The Balaban J connectivity index is 3.33. The van der Waals surface area contributed by atoms with Crippen molar-refractivity contribution >= 4 is 27.1 Å². The zero-order chi connectivity index (χ0) is 19.4. The second-order valence-corrected chi connectivity index (χ2v) is 8.90. The van der Waals surface area contributed by atoms with Crippen LogP contribution in [0.3, 0.4) is 0 Å². The van der Waals surface area contributed by atoms with Crippen LogP contribution in [-0.4, -0.2) is 53.0 Å². The van der Waals surface area contributed by atoms with Gasteiger partial charge in [-0.3, -0.25) is 18.7 Å². The highest BCUT2D eigenvalue weighted by atomic mass is 31.2. The zero-order valence-corrected chi connectivity index (χ0v) is 14.5. The van der Waals surface area contributed by atoms with Crippen LogP contribution in [0.2, 0.25) is 0 Å². The molecule has 0 aliphatic heterocycles. The van der Waals surface area contributed by atoms with E-state index in [1.807, 2.05) is 0 Å². The summed E-state index contributed by atoms with van der Waals surface area (Å²) >= 11 is 0. The molecule has 0 heterocycles. The van der Waals surface area contributed by atoms with Gasteiger partial charge in [0.15, 0.2) is 11.3 Å². The summed E-state index contributed by atoms with van der Waals surface area (Å²) in [5.74, 6) is -6.02. The minimum atomic E-state index is -5.38. The molecule has 25 heavy (non-hydrogen) atoms. The molecule has 0 fully saturated rings. The van der Waals surface area contributed by atoms with Crippen LogP contribution in [0, 0.1) is 5.92 Å². The molecule has 0 aromatic heterocycles. The van der Waals surface area contributed by atoms with Crippen LogP contribution in [-0.2, 0) is 25.1 Å². The molecule has 0 saturated heterocycles. The summed E-state index contributed by atoms with van der Waals surface area (Å²) in [4.78, 5) is 59.8. The Morgan fingerprint density at radius 3 is 1.56 bits per heavy atom. The summed E-state index contributed by atoms with van der Waals surface area (Å²) in [5.41, 5.74) is -4.51. The van der Waals surface area contributed by atoms with Gasteiger partial charge in [-0.2, -0.15) is 0 Å². The minimum Gasteiger partial charge on any atom is -0.481 e. The topological polar surface area (TPSA) is 190 Å². The van der Waals surface area contributed by atoms with Crippen molar-refractivity contribution in [3.63, 3.8) is 0 Å². The van der Waals surface area contributed by atoms with Gasteiger partial charge in [0, 0.05) is 5.92 Å². The summed E-state index contributed by atoms with van der Waals surface area (Å²) in [7, 11) is -10.8. The second-order valence-electron chi connectivity index (χ2n) is 5.43. The molecule has 0 bridgehead atoms. The Labute approximate surface area is 142 Å². The smallest absolute Gasteiger partial charge is 0.340 e. The molecular weight excluding hydrogens is 378 g/mol. The van der Waals surface area contributed by atoms with Gasteiger partial charge in [-0.1, -0.05) is 30.3 Å². The molecule has 2 unspecified atom stereocenters. The fourth-order valence-corrected chi connectivity index (χ4v) is 4.97. The lowest BCUT2D eigenvalue weighted by Crippen LogP contribution is -2.41. The van der Waals surface area contributed by atoms with Gasteiger partial charge in [-0.15, -0.1) is 0 Å². The molecule has 0 radical (unpaired) electrons. The van der Waals surface area contributed by atoms with Gasteiger partial charge in [0.05, 0.1) is 0 Å². The molecule has 12 heteroatoms. The lowest BCUT2D eigenvalue weighted by molar-refractivity contribution is -0.140. The van der Waals surface area contributed by atoms with Gasteiger partial charge in [0.1, 0.15) is 0 Å². The van der Waals surface area contributed by atoms with E-state index in [-0.39, 0.29) is 6.42 Å². The fraction of sp³-hybridized carbons (Fsp3) is 0.385. The molecule has 0 saturated carbocycles. The quantitative estimate of drug-likeness (QED) is 0.320. The summed E-state index contributed by atoms with van der Waals surface area (Å²) in [6.07, 6.45) is -0.465. The molecule has 0 spiro atoms. The maximum Gasteiger partial charge on any atom is 0.340 e. The van der Waals surface area contributed by atoms with Gasteiger partial charge in [0.25, 0.3) is 0 Å². The molecule has 1 aromatic rings. The Morgan fingerprint density at radius 2 is 1.24 bits per heavy atom. The van der Waals surface area contributed by atoms with E-state index < -0.39 is 50.8 Å². The van der Waals surface area contributed by atoms with Crippen LogP contribution in [0.25, 0.3) is 0 Å². The number of aliphatic carboxylic acids is 2. The van der Waals surface area contributed by atoms with Crippen LogP contribution in [0.15, 0.2) is 30.3 Å². The number of aryl methyl sites for hydroxylation is 1. The summed E-state index contributed by atoms with van der Waals surface area (Å²) in [6, 6.07) is 8.18. The molecule has 140 valence electrons. The third-order valence-electron chi connectivity index (χ3n) is 3.65. The van der Waals surface area contributed by atoms with Crippen molar-refractivity contribution in [1.82, 2.24) is 0 Å². The first kappa shape index (κ1) is 21.5. The van der Waals surface area contributed by atoms with Crippen LogP contribution in [0.1, 0.15) is 12.0 Å². The Hall–Kier alpha value is -1.54. The number of carboxylic acids is 2. The first-order valence-electron chi connectivity index (χ1n) is 6.95. The lowest BCUT2D eigenvalue weighted by Gasteiger charge is -2.29. The van der Waals surface area contributed by atoms with E-state index in [1.165, 1.54) is 0 Å². The number of hydrogen-bond acceptors (Lipinski definition) is 4. The molecule has 0 amide bonds. The predicted octanol–water partition coefficient (Wildman–Crippen LogP) is 0.497. The van der Waals surface area contributed by atoms with Gasteiger partial charge in [0.2, 0.25) is 0 Å². The molecule has 0 aliphatic carbocycles. The summed E-state index contributed by atoms with van der Waals surface area (Å²) < 4.78 is 23.1. The number of hydrogen-bond donors (Lipinski definition) is 6. The average molecular weight is 396 g/mol. The number of carboxylic acid groups (broad SMARTS) is 2. The van der Waals surface area contributed by atoms with Gasteiger partial charge in [-0.05, 0) is 18.4 Å². The molecular formula is C13H18O10P2. The highest BCUT2D eigenvalue weighted by Crippen LogP contribution is 2.54. The molecule has 2 atom stereocenters. The average Bonchev–Trinajstić information content (AvgIpc) is 2.42. The van der Waals surface area contributed by atoms with E-state index in [1.54, 1.807) is 30.3 Å². The number of benzene rings is 1. The van der Waals surface area contributed by atoms with E-state index in [0.717, 1.165) is 0 Å². The minimum absolute atomic E-state index is 0.0148. The van der Waals surface area contributed by atoms with Crippen molar-refractivity contribution in [2.45, 2.75) is 24.2 Å². The highest BCUT2D eigenvalue weighted by molar-refractivity contribution is 7.55. The van der Waals surface area contributed by atoms with Gasteiger partial charge in [-0.25, -0.2) is 0 Å². The SMILES string of the molecule is O=C(O)C(C(CCc1ccccc1)C(C(=O)O)P(=O)(O)O)P(=O)(O)O. The van der Waals surface area contributed by atoms with Crippen molar-refractivity contribution in [1.29, 1.82) is 0 Å². The maximum atomic E-state index is 11.5. The monoisotopic (exact) mass is 396 g/mol. The van der Waals surface area contributed by atoms with Crippen LogP contribution < -0.4 is 0 Å². The van der Waals surface area contributed by atoms with E-state index in [2.05, 4.69) is 0 Å². The van der Waals surface area contributed by atoms with Crippen LogP contribution >= 0.6 is 15.2 Å². The first-order chi connectivity index (χ1) is 11.4. The molecule has 1 rings (SSSR count). The molecule has 10 nitrogen and oxygen atoms in total. The first-order valence-corrected chi connectivity index (χ1v) is 10.3. The van der Waals surface area contributed by atoms with Crippen molar-refractivity contribution in [3.8, 4) is 0 Å². The lowest BCUT2D eigenvalue weighted by atomic mass is 9.92. The van der Waals surface area contributed by atoms with Gasteiger partial charge < -0.3 is 29.8 Å². The third kappa shape index (κ3) is 6.04. The van der Waals surface area contributed by atoms with E-state index in [9.17, 15) is 38.3 Å². The van der Waals surface area contributed by atoms with E-state index in [4.69, 9.17) is 10.2 Å². The van der Waals surface area contributed by atoms with Crippen molar-refractivity contribution in [2.75, 3.05) is 0 Å². The van der Waals surface area contributed by atoms with Crippen molar-refractivity contribution in [3.05, 3.63) is 35.9 Å². The molecule has 1 aromatic carbocycles. The Bertz CT molecular complexity index is 667. The van der Waals surface area contributed by atoms with E-state index >= 15 is 0 Å². The fourth-order valence-electron chi connectivity index (χ4n) is 2.62. The van der Waals surface area contributed by atoms with Crippen molar-refractivity contribution < 1.29 is 48.5 Å². The van der Waals surface area contributed by atoms with Crippen molar-refractivity contribution in [2.24, 2.45) is 5.92 Å². The number of rotatable bonds is 9. The highest BCUT2D eigenvalue weighted by Gasteiger charge is 2.53. The second kappa shape index (κ2) is 8.23. The summed E-state index contributed by atoms with van der Waals surface area (Å²) in [6.45, 7) is 0. The Kier molecular flexibility index (Phi) is 7.08. The third-order valence-corrected chi connectivity index (χ3v) is 6.31. The molecule has 6 N–H and O–H groups in total. The summed E-state index contributed by atoms with van der Waals surface area (Å²) in [5, 5.41) is 18.3. The standard InChI is InChI=1S/C13H18O10P2/c14-12(15)10(24(18,19)20)9(11(13(16)17)25(21,22)23)7-6-8-4-2-1-3-5-8/h1-5,9-11H,6-7H2,(H,14,15)(H,16,17)(H2,18,19,20)(H2,21,22,23). The normalized spacial score (nSPS) is 16.0. The predicted molar refractivity (Wildman–Crippen MR) is 85.2 cm³/mol. The van der Waals surface area contributed by atoms with Gasteiger partial charge >= 0.3 is 27.1 Å². The van der Waals surface area contributed by atoms with E-state index in [0.29, 0.717) is 5.56 Å². The zero-order valence-electron chi connectivity index (χ0n) is 12.7.